The summed E-state index contributed by atoms with van der Waals surface area (Å²) in [5, 5.41) is 19.9. The van der Waals surface area contributed by atoms with Crippen molar-refractivity contribution in [2.24, 2.45) is 0 Å². The fraction of sp³-hybridized carbons (Fsp3) is 0.429. The SMILES string of the molecule is CCN(CC)CCN(Cc1ccc(-c2ccc(C(F)(F)F)cc2)cc1)C(=O)/C=C(\O)[C@@H]1CCCN1C(=O)O. The highest BCUT2D eigenvalue weighted by Crippen LogP contribution is 2.31. The van der Waals surface area contributed by atoms with Crippen LogP contribution in [0.15, 0.2) is 60.4 Å². The van der Waals surface area contributed by atoms with E-state index in [4.69, 9.17) is 0 Å². The molecule has 1 fully saturated rings. The number of hydrogen-bond donors (Lipinski definition) is 2. The summed E-state index contributed by atoms with van der Waals surface area (Å²) in [6.45, 7) is 7.28. The number of likely N-dealkylation sites (tertiary alicyclic amines) is 1. The van der Waals surface area contributed by atoms with E-state index in [2.05, 4.69) is 4.90 Å². The average Bonchev–Trinajstić information content (AvgIpc) is 3.39. The topological polar surface area (TPSA) is 84.3 Å². The number of aliphatic hydroxyl groups excluding tert-OH is 1. The van der Waals surface area contributed by atoms with Crippen LogP contribution in [-0.2, 0) is 17.5 Å². The lowest BCUT2D eigenvalue weighted by atomic mass is 10.0. The van der Waals surface area contributed by atoms with E-state index in [0.29, 0.717) is 38.0 Å². The number of amides is 2. The van der Waals surface area contributed by atoms with Crippen molar-refractivity contribution in [1.29, 1.82) is 0 Å². The Balaban J connectivity index is 1.76. The first kappa shape index (κ1) is 29.0. The van der Waals surface area contributed by atoms with Crippen LogP contribution >= 0.6 is 0 Å². The molecule has 1 saturated heterocycles. The molecule has 2 aromatic carbocycles. The summed E-state index contributed by atoms with van der Waals surface area (Å²) < 4.78 is 38.6. The number of carboxylic acid groups (broad SMARTS) is 1. The molecule has 2 amide bonds. The van der Waals surface area contributed by atoms with Gasteiger partial charge in [-0.15, -0.1) is 0 Å². The molecule has 7 nitrogen and oxygen atoms in total. The third kappa shape index (κ3) is 7.50. The van der Waals surface area contributed by atoms with Crippen molar-refractivity contribution in [3.63, 3.8) is 0 Å². The number of benzene rings is 2. The Labute approximate surface area is 220 Å². The molecule has 0 aliphatic carbocycles. The van der Waals surface area contributed by atoms with Gasteiger partial charge in [-0.3, -0.25) is 9.69 Å². The molecule has 0 saturated carbocycles. The van der Waals surface area contributed by atoms with Crippen LogP contribution in [0, 0.1) is 0 Å². The molecule has 0 spiro atoms. The van der Waals surface area contributed by atoms with E-state index in [-0.39, 0.29) is 12.3 Å². The van der Waals surface area contributed by atoms with Crippen molar-refractivity contribution < 1.29 is 33.0 Å². The average molecular weight is 534 g/mol. The van der Waals surface area contributed by atoms with Gasteiger partial charge in [-0.1, -0.05) is 50.2 Å². The number of nitrogens with zero attached hydrogens (tertiary/aromatic N) is 3. The van der Waals surface area contributed by atoms with Gasteiger partial charge in [-0.25, -0.2) is 4.79 Å². The zero-order chi connectivity index (χ0) is 27.9. The molecule has 1 aliphatic heterocycles. The largest absolute Gasteiger partial charge is 0.510 e. The lowest BCUT2D eigenvalue weighted by molar-refractivity contribution is -0.137. The first-order valence-corrected chi connectivity index (χ1v) is 12.7. The number of hydrogen-bond acceptors (Lipinski definition) is 4. The number of carbonyl (C=O) groups is 2. The highest BCUT2D eigenvalue weighted by Gasteiger charge is 2.32. The summed E-state index contributed by atoms with van der Waals surface area (Å²) in [6.07, 6.45) is -3.35. The molecule has 0 aromatic heterocycles. The van der Waals surface area contributed by atoms with Gasteiger partial charge < -0.3 is 20.0 Å². The van der Waals surface area contributed by atoms with Gasteiger partial charge in [0.15, 0.2) is 0 Å². The lowest BCUT2D eigenvalue weighted by Gasteiger charge is -2.27. The molecule has 2 aromatic rings. The predicted molar refractivity (Wildman–Crippen MR) is 139 cm³/mol. The van der Waals surface area contributed by atoms with Crippen LogP contribution in [-0.4, -0.2) is 75.7 Å². The minimum atomic E-state index is -4.39. The van der Waals surface area contributed by atoms with E-state index in [1.165, 1.54) is 12.1 Å². The quantitative estimate of drug-likeness (QED) is 0.306. The molecule has 2 N–H and O–H groups in total. The second kappa shape index (κ2) is 12.8. The molecule has 1 aliphatic rings. The molecule has 1 atom stereocenters. The van der Waals surface area contributed by atoms with Gasteiger partial charge >= 0.3 is 12.3 Å². The maximum atomic E-state index is 13.2. The number of alkyl halides is 3. The zero-order valence-electron chi connectivity index (χ0n) is 21.6. The summed E-state index contributed by atoms with van der Waals surface area (Å²) >= 11 is 0. The first-order valence-electron chi connectivity index (χ1n) is 12.7. The highest BCUT2D eigenvalue weighted by molar-refractivity contribution is 5.88. The fourth-order valence-electron chi connectivity index (χ4n) is 4.56. The smallest absolute Gasteiger partial charge is 0.416 e. The minimum absolute atomic E-state index is 0.254. The van der Waals surface area contributed by atoms with Crippen LogP contribution in [0.3, 0.4) is 0 Å². The molecule has 38 heavy (non-hydrogen) atoms. The van der Waals surface area contributed by atoms with Crippen LogP contribution in [0.4, 0.5) is 18.0 Å². The molecule has 0 bridgehead atoms. The van der Waals surface area contributed by atoms with Gasteiger partial charge in [0.25, 0.3) is 0 Å². The zero-order valence-corrected chi connectivity index (χ0v) is 21.6. The molecule has 206 valence electrons. The van der Waals surface area contributed by atoms with Crippen LogP contribution in [0.5, 0.6) is 0 Å². The normalized spacial score (nSPS) is 16.2. The molecule has 1 heterocycles. The van der Waals surface area contributed by atoms with Crippen molar-refractivity contribution in [3.8, 4) is 11.1 Å². The van der Waals surface area contributed by atoms with Gasteiger partial charge in [0, 0.05) is 32.3 Å². The highest BCUT2D eigenvalue weighted by atomic mass is 19.4. The van der Waals surface area contributed by atoms with Crippen LogP contribution in [0.1, 0.15) is 37.8 Å². The van der Waals surface area contributed by atoms with Crippen molar-refractivity contribution in [1.82, 2.24) is 14.7 Å². The monoisotopic (exact) mass is 533 g/mol. The molecular weight excluding hydrogens is 499 g/mol. The summed E-state index contributed by atoms with van der Waals surface area (Å²) in [5.74, 6) is -0.681. The summed E-state index contributed by atoms with van der Waals surface area (Å²) in [7, 11) is 0. The molecule has 0 radical (unpaired) electrons. The van der Waals surface area contributed by atoms with Gasteiger partial charge in [0.05, 0.1) is 11.6 Å². The van der Waals surface area contributed by atoms with E-state index in [0.717, 1.165) is 47.3 Å². The van der Waals surface area contributed by atoms with Crippen LogP contribution < -0.4 is 0 Å². The summed E-state index contributed by atoms with van der Waals surface area (Å²) in [5.41, 5.74) is 1.50. The maximum Gasteiger partial charge on any atom is 0.416 e. The fourth-order valence-corrected chi connectivity index (χ4v) is 4.56. The van der Waals surface area contributed by atoms with E-state index >= 15 is 0 Å². The molecular formula is C28H34F3N3O4. The Morgan fingerprint density at radius 1 is 0.974 bits per heavy atom. The van der Waals surface area contributed by atoms with Gasteiger partial charge in [-0.2, -0.15) is 13.2 Å². The third-order valence-electron chi connectivity index (χ3n) is 6.88. The van der Waals surface area contributed by atoms with Gasteiger partial charge in [-0.05, 0) is 54.8 Å². The van der Waals surface area contributed by atoms with E-state index in [1.54, 1.807) is 17.0 Å². The Hall–Kier alpha value is -3.53. The van der Waals surface area contributed by atoms with E-state index < -0.39 is 29.8 Å². The second-order valence-electron chi connectivity index (χ2n) is 9.26. The number of halogens is 3. The summed E-state index contributed by atoms with van der Waals surface area (Å²) in [6, 6.07) is 11.4. The first-order chi connectivity index (χ1) is 18.0. The molecule has 10 heteroatoms. The van der Waals surface area contributed by atoms with E-state index in [9.17, 15) is 33.0 Å². The molecule has 0 unspecified atom stereocenters. The number of rotatable bonds is 10. The van der Waals surface area contributed by atoms with E-state index in [1.807, 2.05) is 26.0 Å². The van der Waals surface area contributed by atoms with Crippen molar-refractivity contribution >= 4 is 12.0 Å². The molecule has 3 rings (SSSR count). The van der Waals surface area contributed by atoms with Crippen molar-refractivity contribution in [2.45, 2.75) is 45.5 Å². The van der Waals surface area contributed by atoms with Gasteiger partial charge in [0.2, 0.25) is 5.91 Å². The number of carbonyl (C=O) groups excluding carboxylic acids is 1. The Morgan fingerprint density at radius 3 is 2.08 bits per heavy atom. The number of aliphatic hydroxyl groups is 1. The summed E-state index contributed by atoms with van der Waals surface area (Å²) in [4.78, 5) is 29.5. The second-order valence-corrected chi connectivity index (χ2v) is 9.26. The minimum Gasteiger partial charge on any atom is -0.510 e. The maximum absolute atomic E-state index is 13.2. The predicted octanol–water partition coefficient (Wildman–Crippen LogP) is 5.63. The number of likely N-dealkylation sites (N-methyl/N-ethyl adjacent to an activating group) is 1. The Morgan fingerprint density at radius 2 is 1.55 bits per heavy atom. The van der Waals surface area contributed by atoms with Crippen LogP contribution in [0.25, 0.3) is 11.1 Å². The van der Waals surface area contributed by atoms with Crippen molar-refractivity contribution in [3.05, 3.63) is 71.5 Å². The lowest BCUT2D eigenvalue weighted by Crippen LogP contribution is -2.39. The Bertz CT molecular complexity index is 1110. The van der Waals surface area contributed by atoms with Crippen molar-refractivity contribution in [2.75, 3.05) is 32.7 Å². The third-order valence-corrected chi connectivity index (χ3v) is 6.88. The van der Waals surface area contributed by atoms with Crippen LogP contribution in [0.2, 0.25) is 0 Å². The Kier molecular flexibility index (Phi) is 9.79. The standard InChI is InChI=1S/C28H34F3N3O4/c1-3-32(4-2)16-17-33(26(36)18-25(35)24-6-5-15-34(24)27(37)38)19-20-7-9-21(10-8-20)22-11-13-23(14-12-22)28(29,30)31/h7-14,18,24,35H,3-6,15-17,19H2,1-2H3,(H,37,38)/b25-18-/t24-/m0/s1. The van der Waals surface area contributed by atoms with Gasteiger partial charge in [0.1, 0.15) is 5.76 Å².